The zero-order chi connectivity index (χ0) is 12.3. The molecule has 0 atom stereocenters. The van der Waals surface area contributed by atoms with Gasteiger partial charge in [-0.25, -0.2) is 0 Å². The lowest BCUT2D eigenvalue weighted by Gasteiger charge is -2.07. The minimum absolute atomic E-state index is 0. The number of rotatable bonds is 8. The largest absolute Gasteiger partial charge is 0.484 e. The van der Waals surface area contributed by atoms with Gasteiger partial charge in [-0.15, -0.1) is 12.4 Å². The highest BCUT2D eigenvalue weighted by atomic mass is 35.5. The second kappa shape index (κ2) is 10.9. The summed E-state index contributed by atoms with van der Waals surface area (Å²) in [5.41, 5.74) is 0. The number of hydrogen-bond acceptors (Lipinski definition) is 3. The van der Waals surface area contributed by atoms with Crippen molar-refractivity contribution in [2.45, 2.75) is 13.3 Å². The summed E-state index contributed by atoms with van der Waals surface area (Å²) in [6, 6.07) is 9.32. The molecule has 0 heterocycles. The van der Waals surface area contributed by atoms with Crippen molar-refractivity contribution in [3.8, 4) is 5.75 Å². The Morgan fingerprint density at radius 1 is 1.17 bits per heavy atom. The molecule has 0 fully saturated rings. The van der Waals surface area contributed by atoms with E-state index < -0.39 is 0 Å². The molecule has 0 aliphatic heterocycles. The van der Waals surface area contributed by atoms with E-state index in [4.69, 9.17) is 4.74 Å². The first-order chi connectivity index (χ1) is 8.33. The van der Waals surface area contributed by atoms with Gasteiger partial charge in [0.25, 0.3) is 5.91 Å². The van der Waals surface area contributed by atoms with Crippen LogP contribution in [0.1, 0.15) is 13.3 Å². The number of para-hydroxylation sites is 1. The fourth-order valence-corrected chi connectivity index (χ4v) is 1.31. The van der Waals surface area contributed by atoms with Crippen LogP contribution in [0.3, 0.4) is 0 Å². The average Bonchev–Trinajstić information content (AvgIpc) is 2.37. The van der Waals surface area contributed by atoms with E-state index in [1.807, 2.05) is 30.3 Å². The fraction of sp³-hybridized carbons (Fsp3) is 0.462. The van der Waals surface area contributed by atoms with Gasteiger partial charge in [-0.05, 0) is 25.1 Å². The van der Waals surface area contributed by atoms with E-state index in [1.165, 1.54) is 0 Å². The predicted molar refractivity (Wildman–Crippen MR) is 75.4 cm³/mol. The van der Waals surface area contributed by atoms with Crippen LogP contribution in [-0.2, 0) is 4.79 Å². The van der Waals surface area contributed by atoms with Crippen molar-refractivity contribution < 1.29 is 9.53 Å². The Balaban J connectivity index is 0.00000289. The normalized spacial score (nSPS) is 9.39. The average molecular weight is 273 g/mol. The summed E-state index contributed by atoms with van der Waals surface area (Å²) in [5, 5.41) is 5.99. The fourth-order valence-electron chi connectivity index (χ4n) is 1.31. The highest BCUT2D eigenvalue weighted by Gasteiger charge is 2.00. The molecule has 5 heteroatoms. The Morgan fingerprint density at radius 3 is 2.56 bits per heavy atom. The van der Waals surface area contributed by atoms with Crippen LogP contribution in [0.5, 0.6) is 5.75 Å². The molecule has 0 bridgehead atoms. The van der Waals surface area contributed by atoms with Crippen molar-refractivity contribution in [2.75, 3.05) is 26.2 Å². The third-order valence-electron chi connectivity index (χ3n) is 2.16. The Kier molecular flexibility index (Phi) is 10.1. The molecule has 0 aliphatic rings. The molecule has 0 spiro atoms. The van der Waals surface area contributed by atoms with E-state index in [0.717, 1.165) is 19.5 Å². The molecule has 2 N–H and O–H groups in total. The van der Waals surface area contributed by atoms with Gasteiger partial charge >= 0.3 is 0 Å². The number of benzene rings is 1. The summed E-state index contributed by atoms with van der Waals surface area (Å²) < 4.78 is 5.31. The van der Waals surface area contributed by atoms with Gasteiger partial charge in [-0.2, -0.15) is 0 Å². The standard InChI is InChI=1S/C13H20N2O2.ClH/c1-2-8-14-9-10-15-13(16)11-17-12-6-4-3-5-7-12;/h3-7,14H,2,8-11H2,1H3,(H,15,16);1H. The van der Waals surface area contributed by atoms with Crippen molar-refractivity contribution in [1.29, 1.82) is 0 Å². The van der Waals surface area contributed by atoms with E-state index in [-0.39, 0.29) is 24.9 Å². The van der Waals surface area contributed by atoms with Crippen LogP contribution in [0.2, 0.25) is 0 Å². The maximum atomic E-state index is 11.4. The first kappa shape index (κ1) is 16.7. The maximum absolute atomic E-state index is 11.4. The second-order valence-corrected chi connectivity index (χ2v) is 3.70. The number of hydrogen-bond donors (Lipinski definition) is 2. The molecule has 1 rings (SSSR count). The molecular weight excluding hydrogens is 252 g/mol. The lowest BCUT2D eigenvalue weighted by atomic mass is 10.3. The lowest BCUT2D eigenvalue weighted by Crippen LogP contribution is -2.34. The summed E-state index contributed by atoms with van der Waals surface area (Å²) in [6.07, 6.45) is 1.10. The SMILES string of the molecule is CCCNCCNC(=O)COc1ccccc1.Cl. The topological polar surface area (TPSA) is 50.4 Å². The Bertz CT molecular complexity index is 320. The third-order valence-corrected chi connectivity index (χ3v) is 2.16. The number of carbonyl (C=O) groups excluding carboxylic acids is 1. The highest BCUT2D eigenvalue weighted by molar-refractivity contribution is 5.85. The van der Waals surface area contributed by atoms with Crippen molar-refractivity contribution in [2.24, 2.45) is 0 Å². The van der Waals surface area contributed by atoms with Crippen molar-refractivity contribution in [3.05, 3.63) is 30.3 Å². The van der Waals surface area contributed by atoms with E-state index in [2.05, 4.69) is 17.6 Å². The number of nitrogens with one attached hydrogen (secondary N) is 2. The van der Waals surface area contributed by atoms with E-state index >= 15 is 0 Å². The molecule has 0 radical (unpaired) electrons. The maximum Gasteiger partial charge on any atom is 0.257 e. The summed E-state index contributed by atoms with van der Waals surface area (Å²) in [7, 11) is 0. The molecular formula is C13H21ClN2O2. The van der Waals surface area contributed by atoms with Gasteiger partial charge in [0.05, 0.1) is 0 Å². The van der Waals surface area contributed by atoms with Crippen molar-refractivity contribution >= 4 is 18.3 Å². The molecule has 0 aromatic heterocycles. The molecule has 1 amide bonds. The van der Waals surface area contributed by atoms with E-state index in [0.29, 0.717) is 12.3 Å². The molecule has 1 aromatic carbocycles. The number of halogens is 1. The molecule has 0 aliphatic carbocycles. The van der Waals surface area contributed by atoms with Gasteiger partial charge < -0.3 is 15.4 Å². The van der Waals surface area contributed by atoms with E-state index in [9.17, 15) is 4.79 Å². The minimum Gasteiger partial charge on any atom is -0.484 e. The smallest absolute Gasteiger partial charge is 0.257 e. The Hall–Kier alpha value is -1.26. The van der Waals surface area contributed by atoms with Crippen molar-refractivity contribution in [3.63, 3.8) is 0 Å². The molecule has 4 nitrogen and oxygen atoms in total. The Labute approximate surface area is 115 Å². The number of ether oxygens (including phenoxy) is 1. The Morgan fingerprint density at radius 2 is 1.89 bits per heavy atom. The predicted octanol–water partition coefficient (Wildman–Crippen LogP) is 1.60. The van der Waals surface area contributed by atoms with Crippen LogP contribution in [0.4, 0.5) is 0 Å². The van der Waals surface area contributed by atoms with Crippen molar-refractivity contribution in [1.82, 2.24) is 10.6 Å². The van der Waals surface area contributed by atoms with Gasteiger partial charge in [0, 0.05) is 13.1 Å². The summed E-state index contributed by atoms with van der Waals surface area (Å²) >= 11 is 0. The highest BCUT2D eigenvalue weighted by Crippen LogP contribution is 2.07. The number of amides is 1. The number of carbonyl (C=O) groups is 1. The lowest BCUT2D eigenvalue weighted by molar-refractivity contribution is -0.123. The molecule has 0 saturated heterocycles. The molecule has 1 aromatic rings. The van der Waals surface area contributed by atoms with Crippen LogP contribution in [0.25, 0.3) is 0 Å². The molecule has 0 unspecified atom stereocenters. The first-order valence-electron chi connectivity index (χ1n) is 5.98. The first-order valence-corrected chi connectivity index (χ1v) is 5.98. The van der Waals surface area contributed by atoms with Gasteiger partial charge in [0.1, 0.15) is 5.75 Å². The van der Waals surface area contributed by atoms with Gasteiger partial charge in [-0.1, -0.05) is 25.1 Å². The van der Waals surface area contributed by atoms with Gasteiger partial charge in [0.15, 0.2) is 6.61 Å². The van der Waals surface area contributed by atoms with Crippen LogP contribution >= 0.6 is 12.4 Å². The molecule has 0 saturated carbocycles. The van der Waals surface area contributed by atoms with Gasteiger partial charge in [0.2, 0.25) is 0 Å². The van der Waals surface area contributed by atoms with Crippen LogP contribution in [0.15, 0.2) is 30.3 Å². The van der Waals surface area contributed by atoms with Crippen LogP contribution < -0.4 is 15.4 Å². The summed E-state index contributed by atoms with van der Waals surface area (Å²) in [5.74, 6) is 0.624. The van der Waals surface area contributed by atoms with E-state index in [1.54, 1.807) is 0 Å². The third kappa shape index (κ3) is 7.92. The van der Waals surface area contributed by atoms with Crippen LogP contribution in [0, 0.1) is 0 Å². The monoisotopic (exact) mass is 272 g/mol. The minimum atomic E-state index is -0.0906. The zero-order valence-corrected chi connectivity index (χ0v) is 11.5. The summed E-state index contributed by atoms with van der Waals surface area (Å²) in [6.45, 7) is 4.59. The molecule has 18 heavy (non-hydrogen) atoms. The summed E-state index contributed by atoms with van der Waals surface area (Å²) in [4.78, 5) is 11.4. The quantitative estimate of drug-likeness (QED) is 0.707. The molecule has 102 valence electrons. The zero-order valence-electron chi connectivity index (χ0n) is 10.6. The van der Waals surface area contributed by atoms with Crippen LogP contribution in [-0.4, -0.2) is 32.1 Å². The second-order valence-electron chi connectivity index (χ2n) is 3.70. The van der Waals surface area contributed by atoms with Gasteiger partial charge in [-0.3, -0.25) is 4.79 Å².